The van der Waals surface area contributed by atoms with Gasteiger partial charge in [-0.15, -0.1) is 0 Å². The van der Waals surface area contributed by atoms with E-state index in [0.29, 0.717) is 26.6 Å². The number of hydrogen-bond donors (Lipinski definition) is 1. The molecule has 0 unspecified atom stereocenters. The van der Waals surface area contributed by atoms with Crippen LogP contribution in [-0.4, -0.2) is 0 Å². The molecule has 0 aliphatic carbocycles. The van der Waals surface area contributed by atoms with Crippen molar-refractivity contribution < 1.29 is 0 Å². The van der Waals surface area contributed by atoms with Crippen molar-refractivity contribution in [1.29, 1.82) is 0 Å². The van der Waals surface area contributed by atoms with E-state index in [4.69, 9.17) is 46.4 Å². The molecular formula is C13H9Cl4N. The van der Waals surface area contributed by atoms with Crippen molar-refractivity contribution in [1.82, 2.24) is 0 Å². The van der Waals surface area contributed by atoms with E-state index in [9.17, 15) is 0 Å². The molecule has 2 rings (SSSR count). The third-order valence-corrected chi connectivity index (χ3v) is 3.67. The molecule has 0 spiro atoms. The van der Waals surface area contributed by atoms with Crippen LogP contribution in [0, 0.1) is 0 Å². The number of rotatable bonds is 3. The molecule has 1 N–H and O–H groups in total. The Morgan fingerprint density at radius 3 is 2.22 bits per heavy atom. The molecule has 0 aliphatic heterocycles. The van der Waals surface area contributed by atoms with Gasteiger partial charge in [-0.2, -0.15) is 0 Å². The maximum absolute atomic E-state index is 6.10. The second kappa shape index (κ2) is 6.03. The molecular weight excluding hydrogens is 312 g/mol. The normalized spacial score (nSPS) is 10.4. The van der Waals surface area contributed by atoms with E-state index in [0.717, 1.165) is 11.3 Å². The molecule has 0 heterocycles. The predicted molar refractivity (Wildman–Crippen MR) is 80.3 cm³/mol. The van der Waals surface area contributed by atoms with E-state index in [1.807, 2.05) is 12.1 Å². The van der Waals surface area contributed by atoms with Gasteiger partial charge in [0, 0.05) is 22.3 Å². The lowest BCUT2D eigenvalue weighted by atomic mass is 10.2. The van der Waals surface area contributed by atoms with E-state index in [2.05, 4.69) is 5.32 Å². The monoisotopic (exact) mass is 319 g/mol. The highest BCUT2D eigenvalue weighted by Crippen LogP contribution is 2.27. The van der Waals surface area contributed by atoms with Crippen molar-refractivity contribution in [3.05, 3.63) is 62.1 Å². The smallest absolute Gasteiger partial charge is 0.0642 e. The lowest BCUT2D eigenvalue weighted by molar-refractivity contribution is 1.15. The molecule has 18 heavy (non-hydrogen) atoms. The number of anilines is 1. The molecule has 0 bridgehead atoms. The molecule has 0 fully saturated rings. The number of benzene rings is 2. The van der Waals surface area contributed by atoms with Gasteiger partial charge in [0.25, 0.3) is 0 Å². The summed E-state index contributed by atoms with van der Waals surface area (Å²) in [6.07, 6.45) is 0. The first-order valence-corrected chi connectivity index (χ1v) is 6.70. The second-order valence-electron chi connectivity index (χ2n) is 3.72. The van der Waals surface area contributed by atoms with Crippen LogP contribution in [0.25, 0.3) is 0 Å². The van der Waals surface area contributed by atoms with Gasteiger partial charge in [0.05, 0.1) is 10.0 Å². The topological polar surface area (TPSA) is 12.0 Å². The molecule has 0 radical (unpaired) electrons. The fourth-order valence-electron chi connectivity index (χ4n) is 1.54. The minimum atomic E-state index is 0.542. The highest BCUT2D eigenvalue weighted by atomic mass is 35.5. The van der Waals surface area contributed by atoms with Crippen molar-refractivity contribution in [2.75, 3.05) is 5.32 Å². The van der Waals surface area contributed by atoms with Gasteiger partial charge in [-0.1, -0.05) is 58.5 Å². The molecule has 0 saturated carbocycles. The molecule has 0 aliphatic rings. The SMILES string of the molecule is Clc1cc(Cl)cc(NCc2cccc(Cl)c2Cl)c1. The van der Waals surface area contributed by atoms with Crippen LogP contribution in [0.1, 0.15) is 5.56 Å². The minimum absolute atomic E-state index is 0.542. The van der Waals surface area contributed by atoms with Crippen LogP contribution < -0.4 is 5.32 Å². The Labute approximate surface area is 126 Å². The van der Waals surface area contributed by atoms with Gasteiger partial charge in [0.15, 0.2) is 0 Å². The van der Waals surface area contributed by atoms with E-state index in [-0.39, 0.29) is 0 Å². The first-order valence-electron chi connectivity index (χ1n) is 5.19. The quantitative estimate of drug-likeness (QED) is 0.741. The molecule has 5 heteroatoms. The Kier molecular flexibility index (Phi) is 4.63. The van der Waals surface area contributed by atoms with E-state index in [1.54, 1.807) is 24.3 Å². The van der Waals surface area contributed by atoms with E-state index < -0.39 is 0 Å². The Bertz CT molecular complexity index is 549. The van der Waals surface area contributed by atoms with Crippen molar-refractivity contribution >= 4 is 52.1 Å². The number of halogens is 4. The standard InChI is InChI=1S/C13H9Cl4N/c14-9-4-10(15)6-11(5-9)18-7-8-2-1-3-12(16)13(8)17/h1-6,18H,7H2. The zero-order valence-electron chi connectivity index (χ0n) is 9.18. The minimum Gasteiger partial charge on any atom is -0.381 e. The van der Waals surface area contributed by atoms with Crippen molar-refractivity contribution in [2.45, 2.75) is 6.54 Å². The highest BCUT2D eigenvalue weighted by Gasteiger charge is 2.04. The van der Waals surface area contributed by atoms with Crippen LogP contribution >= 0.6 is 46.4 Å². The van der Waals surface area contributed by atoms with Gasteiger partial charge in [0.1, 0.15) is 0 Å². The summed E-state index contributed by atoms with van der Waals surface area (Å²) in [5.41, 5.74) is 1.75. The molecule has 1 nitrogen and oxygen atoms in total. The van der Waals surface area contributed by atoms with Crippen LogP contribution in [0.3, 0.4) is 0 Å². The lowest BCUT2D eigenvalue weighted by Gasteiger charge is -2.09. The highest BCUT2D eigenvalue weighted by molar-refractivity contribution is 6.42. The number of hydrogen-bond acceptors (Lipinski definition) is 1. The first kappa shape index (κ1) is 13.8. The second-order valence-corrected chi connectivity index (χ2v) is 5.38. The Balaban J connectivity index is 2.14. The van der Waals surface area contributed by atoms with Gasteiger partial charge in [-0.25, -0.2) is 0 Å². The first-order chi connectivity index (χ1) is 8.56. The molecule has 2 aromatic rings. The van der Waals surface area contributed by atoms with Crippen LogP contribution in [0.5, 0.6) is 0 Å². The summed E-state index contributed by atoms with van der Waals surface area (Å²) in [5.74, 6) is 0. The van der Waals surface area contributed by atoms with Gasteiger partial charge >= 0.3 is 0 Å². The Hall–Kier alpha value is -0.600. The zero-order valence-corrected chi connectivity index (χ0v) is 12.2. The summed E-state index contributed by atoms with van der Waals surface area (Å²) in [5, 5.41) is 5.47. The summed E-state index contributed by atoms with van der Waals surface area (Å²) >= 11 is 23.9. The Morgan fingerprint density at radius 1 is 0.889 bits per heavy atom. The molecule has 0 atom stereocenters. The van der Waals surface area contributed by atoms with Gasteiger partial charge < -0.3 is 5.32 Å². The van der Waals surface area contributed by atoms with Crippen molar-refractivity contribution in [2.24, 2.45) is 0 Å². The fourth-order valence-corrected chi connectivity index (χ4v) is 2.45. The molecule has 94 valence electrons. The van der Waals surface area contributed by atoms with Crippen molar-refractivity contribution in [3.8, 4) is 0 Å². The van der Waals surface area contributed by atoms with Gasteiger partial charge in [0.2, 0.25) is 0 Å². The molecule has 0 amide bonds. The zero-order chi connectivity index (χ0) is 13.1. The lowest BCUT2D eigenvalue weighted by Crippen LogP contribution is -2.00. The number of nitrogens with one attached hydrogen (secondary N) is 1. The Morgan fingerprint density at radius 2 is 1.56 bits per heavy atom. The largest absolute Gasteiger partial charge is 0.381 e. The summed E-state index contributed by atoms with van der Waals surface area (Å²) in [4.78, 5) is 0. The van der Waals surface area contributed by atoms with Crippen LogP contribution in [0.4, 0.5) is 5.69 Å². The van der Waals surface area contributed by atoms with Crippen LogP contribution in [0.2, 0.25) is 20.1 Å². The molecule has 0 saturated heterocycles. The van der Waals surface area contributed by atoms with E-state index in [1.165, 1.54) is 0 Å². The molecule has 0 aromatic heterocycles. The molecule has 2 aromatic carbocycles. The summed E-state index contributed by atoms with van der Waals surface area (Å²) in [6.45, 7) is 0.552. The van der Waals surface area contributed by atoms with Gasteiger partial charge in [-0.05, 0) is 29.8 Å². The third kappa shape index (κ3) is 3.46. The van der Waals surface area contributed by atoms with Gasteiger partial charge in [-0.3, -0.25) is 0 Å². The maximum atomic E-state index is 6.10. The summed E-state index contributed by atoms with van der Waals surface area (Å²) < 4.78 is 0. The van der Waals surface area contributed by atoms with Crippen LogP contribution in [-0.2, 0) is 6.54 Å². The van der Waals surface area contributed by atoms with Crippen LogP contribution in [0.15, 0.2) is 36.4 Å². The van der Waals surface area contributed by atoms with Crippen molar-refractivity contribution in [3.63, 3.8) is 0 Å². The third-order valence-electron chi connectivity index (χ3n) is 2.38. The maximum Gasteiger partial charge on any atom is 0.0642 e. The summed E-state index contributed by atoms with van der Waals surface area (Å²) in [6, 6.07) is 10.8. The predicted octanol–water partition coefficient (Wildman–Crippen LogP) is 5.91. The summed E-state index contributed by atoms with van der Waals surface area (Å²) in [7, 11) is 0. The average Bonchev–Trinajstić information content (AvgIpc) is 2.30. The van der Waals surface area contributed by atoms with E-state index >= 15 is 0 Å². The average molecular weight is 321 g/mol. The fraction of sp³-hybridized carbons (Fsp3) is 0.0769.